The lowest BCUT2D eigenvalue weighted by Gasteiger charge is -2.19. The van der Waals surface area contributed by atoms with Crippen LogP contribution in [0.15, 0.2) is 35.3 Å². The summed E-state index contributed by atoms with van der Waals surface area (Å²) < 4.78 is 0. The van der Waals surface area contributed by atoms with Gasteiger partial charge in [-0.25, -0.2) is 0 Å². The molecule has 2 nitrogen and oxygen atoms in total. The minimum atomic E-state index is -0.497. The summed E-state index contributed by atoms with van der Waals surface area (Å²) in [7, 11) is 0. The van der Waals surface area contributed by atoms with E-state index in [9.17, 15) is 4.79 Å². The molecule has 0 bridgehead atoms. The first-order chi connectivity index (χ1) is 9.51. The Morgan fingerprint density at radius 2 is 1.70 bits per heavy atom. The van der Waals surface area contributed by atoms with Crippen molar-refractivity contribution in [3.05, 3.63) is 35.9 Å². The SMILES string of the molecule is CCC(CC)C(Cl)C(=O)C(=NC(C)C)c1ccccc1. The molecule has 0 aromatic heterocycles. The quantitative estimate of drug-likeness (QED) is 0.538. The number of carbonyl (C=O) groups excluding carboxylic acids is 1. The van der Waals surface area contributed by atoms with Gasteiger partial charge in [0.1, 0.15) is 11.1 Å². The molecule has 0 saturated carbocycles. The number of nitrogens with zero attached hydrogens (tertiary/aromatic N) is 1. The fraction of sp³-hybridized carbons (Fsp3) is 0.529. The second-order valence-corrected chi connectivity index (χ2v) is 5.75. The topological polar surface area (TPSA) is 29.4 Å². The highest BCUT2D eigenvalue weighted by molar-refractivity contribution is 6.55. The number of rotatable bonds is 7. The normalized spacial score (nSPS) is 13.8. The maximum Gasteiger partial charge on any atom is 0.199 e. The first kappa shape index (κ1) is 16.9. The summed E-state index contributed by atoms with van der Waals surface area (Å²) in [4.78, 5) is 17.2. The van der Waals surface area contributed by atoms with Crippen molar-refractivity contribution in [2.45, 2.75) is 52.0 Å². The van der Waals surface area contributed by atoms with Crippen molar-refractivity contribution in [1.29, 1.82) is 0 Å². The van der Waals surface area contributed by atoms with Gasteiger partial charge in [-0.15, -0.1) is 11.6 Å². The molecular formula is C17H24ClNO. The number of alkyl halides is 1. The van der Waals surface area contributed by atoms with Crippen LogP contribution in [0.3, 0.4) is 0 Å². The zero-order valence-corrected chi connectivity index (χ0v) is 13.5. The maximum absolute atomic E-state index is 12.7. The molecule has 0 amide bonds. The number of hydrogen-bond acceptors (Lipinski definition) is 2. The van der Waals surface area contributed by atoms with Gasteiger partial charge in [0.05, 0.1) is 0 Å². The number of hydrogen-bond donors (Lipinski definition) is 0. The number of carbonyl (C=O) groups is 1. The van der Waals surface area contributed by atoms with Crippen molar-refractivity contribution in [1.82, 2.24) is 0 Å². The summed E-state index contributed by atoms with van der Waals surface area (Å²) in [5.41, 5.74) is 1.36. The van der Waals surface area contributed by atoms with Gasteiger partial charge in [-0.1, -0.05) is 57.0 Å². The Morgan fingerprint density at radius 3 is 2.15 bits per heavy atom. The Morgan fingerprint density at radius 1 is 1.15 bits per heavy atom. The van der Waals surface area contributed by atoms with Crippen LogP contribution in [-0.4, -0.2) is 22.9 Å². The predicted molar refractivity (Wildman–Crippen MR) is 86.8 cm³/mol. The summed E-state index contributed by atoms with van der Waals surface area (Å²) >= 11 is 6.40. The van der Waals surface area contributed by atoms with Crippen LogP contribution in [0, 0.1) is 5.92 Å². The van der Waals surface area contributed by atoms with Crippen molar-refractivity contribution in [2.75, 3.05) is 0 Å². The molecule has 110 valence electrons. The summed E-state index contributed by atoms with van der Waals surface area (Å²) in [6.45, 7) is 8.07. The molecule has 0 heterocycles. The molecule has 0 radical (unpaired) electrons. The van der Waals surface area contributed by atoms with Crippen LogP contribution in [-0.2, 0) is 4.79 Å². The van der Waals surface area contributed by atoms with E-state index in [0.717, 1.165) is 18.4 Å². The highest BCUT2D eigenvalue weighted by atomic mass is 35.5. The van der Waals surface area contributed by atoms with E-state index in [1.54, 1.807) is 0 Å². The summed E-state index contributed by atoms with van der Waals surface area (Å²) in [6.07, 6.45) is 1.81. The molecule has 0 saturated heterocycles. The van der Waals surface area contributed by atoms with Crippen LogP contribution < -0.4 is 0 Å². The van der Waals surface area contributed by atoms with Gasteiger partial charge in [-0.05, 0) is 19.8 Å². The van der Waals surface area contributed by atoms with Crippen LogP contribution >= 0.6 is 11.6 Å². The number of aliphatic imine (C=N–C) groups is 1. The smallest absolute Gasteiger partial charge is 0.199 e. The molecule has 0 fully saturated rings. The van der Waals surface area contributed by atoms with Crippen molar-refractivity contribution < 1.29 is 4.79 Å². The van der Waals surface area contributed by atoms with Crippen molar-refractivity contribution in [3.8, 4) is 0 Å². The van der Waals surface area contributed by atoms with Gasteiger partial charge < -0.3 is 0 Å². The monoisotopic (exact) mass is 293 g/mol. The van der Waals surface area contributed by atoms with Gasteiger partial charge in [0.2, 0.25) is 0 Å². The number of halogens is 1. The second kappa shape index (κ2) is 8.21. The number of Topliss-reactive ketones (excluding diaryl/α,β-unsaturated/α-hetero) is 1. The summed E-state index contributed by atoms with van der Waals surface area (Å²) in [5.74, 6) is 0.144. The Bertz CT molecular complexity index is 449. The molecule has 0 aliphatic carbocycles. The van der Waals surface area contributed by atoms with Crippen LogP contribution in [0.2, 0.25) is 0 Å². The van der Waals surface area contributed by atoms with E-state index in [1.807, 2.05) is 44.2 Å². The van der Waals surface area contributed by atoms with Gasteiger partial charge in [0.15, 0.2) is 5.78 Å². The minimum absolute atomic E-state index is 0.0553. The highest BCUT2D eigenvalue weighted by Gasteiger charge is 2.28. The Balaban J connectivity index is 3.10. The molecule has 20 heavy (non-hydrogen) atoms. The van der Waals surface area contributed by atoms with Crippen LogP contribution in [0.5, 0.6) is 0 Å². The second-order valence-electron chi connectivity index (χ2n) is 5.28. The maximum atomic E-state index is 12.7. The third-order valence-corrected chi connectivity index (χ3v) is 3.94. The fourth-order valence-electron chi connectivity index (χ4n) is 2.18. The van der Waals surface area contributed by atoms with E-state index in [1.165, 1.54) is 0 Å². The van der Waals surface area contributed by atoms with Gasteiger partial charge >= 0.3 is 0 Å². The van der Waals surface area contributed by atoms with E-state index in [-0.39, 0.29) is 17.7 Å². The summed E-state index contributed by atoms with van der Waals surface area (Å²) in [5, 5.41) is -0.497. The molecule has 3 heteroatoms. The first-order valence-corrected chi connectivity index (χ1v) is 7.76. The van der Waals surface area contributed by atoms with Gasteiger partial charge in [0.25, 0.3) is 0 Å². The zero-order chi connectivity index (χ0) is 15.1. The lowest BCUT2D eigenvalue weighted by atomic mass is 9.92. The van der Waals surface area contributed by atoms with Gasteiger partial charge in [0, 0.05) is 11.6 Å². The molecule has 1 unspecified atom stereocenters. The van der Waals surface area contributed by atoms with Gasteiger partial charge in [-0.3, -0.25) is 9.79 Å². The van der Waals surface area contributed by atoms with Crippen molar-refractivity contribution in [2.24, 2.45) is 10.9 Å². The van der Waals surface area contributed by atoms with Crippen LogP contribution in [0.1, 0.15) is 46.1 Å². The standard InChI is InChI=1S/C17H24ClNO/c1-5-13(6-2)15(18)17(20)16(19-12(3)4)14-10-8-7-9-11-14/h7-13,15H,5-6H2,1-4H3. The largest absolute Gasteiger partial charge is 0.291 e. The predicted octanol–water partition coefficient (Wildman–Crippen LogP) is 4.50. The summed E-state index contributed by atoms with van der Waals surface area (Å²) in [6, 6.07) is 9.66. The number of ketones is 1. The van der Waals surface area contributed by atoms with E-state index < -0.39 is 5.38 Å². The molecule has 1 aromatic rings. The fourth-order valence-corrected chi connectivity index (χ4v) is 2.64. The molecule has 1 rings (SSSR count). The highest BCUT2D eigenvalue weighted by Crippen LogP contribution is 2.21. The lowest BCUT2D eigenvalue weighted by molar-refractivity contribution is -0.113. The number of benzene rings is 1. The zero-order valence-electron chi connectivity index (χ0n) is 12.8. The van der Waals surface area contributed by atoms with E-state index in [4.69, 9.17) is 11.6 Å². The first-order valence-electron chi connectivity index (χ1n) is 7.32. The molecule has 0 aliphatic heterocycles. The molecular weight excluding hydrogens is 270 g/mol. The minimum Gasteiger partial charge on any atom is -0.291 e. The average molecular weight is 294 g/mol. The molecule has 1 atom stereocenters. The van der Waals surface area contributed by atoms with Gasteiger partial charge in [-0.2, -0.15) is 0 Å². The van der Waals surface area contributed by atoms with Crippen molar-refractivity contribution >= 4 is 23.1 Å². The van der Waals surface area contributed by atoms with Crippen molar-refractivity contribution in [3.63, 3.8) is 0 Å². The Labute approximate surface area is 127 Å². The third kappa shape index (κ3) is 4.45. The Hall–Kier alpha value is -1.15. The van der Waals surface area contributed by atoms with Crippen LogP contribution in [0.25, 0.3) is 0 Å². The third-order valence-electron chi connectivity index (χ3n) is 3.38. The van der Waals surface area contributed by atoms with E-state index in [2.05, 4.69) is 18.8 Å². The molecule has 0 aliphatic rings. The van der Waals surface area contributed by atoms with E-state index in [0.29, 0.717) is 5.71 Å². The Kier molecular flexibility index (Phi) is 6.94. The average Bonchev–Trinajstić information content (AvgIpc) is 2.46. The molecule has 1 aromatic carbocycles. The molecule has 0 spiro atoms. The lowest BCUT2D eigenvalue weighted by Crippen LogP contribution is -2.31. The van der Waals surface area contributed by atoms with E-state index >= 15 is 0 Å². The molecule has 0 N–H and O–H groups in total. The van der Waals surface area contributed by atoms with Crippen LogP contribution in [0.4, 0.5) is 0 Å².